The van der Waals surface area contributed by atoms with Gasteiger partial charge in [0.05, 0.1) is 12.5 Å². The maximum absolute atomic E-state index is 8.46. The lowest BCUT2D eigenvalue weighted by Crippen LogP contribution is -2.04. The number of hydrogen-bond acceptors (Lipinski definition) is 6. The van der Waals surface area contributed by atoms with Gasteiger partial charge in [0, 0.05) is 24.5 Å². The highest BCUT2D eigenvalue weighted by Crippen LogP contribution is 2.35. The van der Waals surface area contributed by atoms with Crippen molar-refractivity contribution in [1.29, 1.82) is 5.26 Å². The van der Waals surface area contributed by atoms with Gasteiger partial charge in [0.2, 0.25) is 12.7 Å². The van der Waals surface area contributed by atoms with Crippen molar-refractivity contribution >= 4 is 5.95 Å². The Bertz CT molecular complexity index is 649. The highest BCUT2D eigenvalue weighted by atomic mass is 16.7. The second-order valence-electron chi connectivity index (χ2n) is 4.20. The highest BCUT2D eigenvalue weighted by molar-refractivity contribution is 5.66. The van der Waals surface area contributed by atoms with Crippen molar-refractivity contribution in [3.8, 4) is 28.7 Å². The average Bonchev–Trinajstić information content (AvgIpc) is 2.96. The van der Waals surface area contributed by atoms with E-state index in [0.717, 1.165) is 22.6 Å². The molecule has 6 nitrogen and oxygen atoms in total. The molecule has 3 rings (SSSR count). The molecule has 20 heavy (non-hydrogen) atoms. The molecule has 1 N–H and O–H groups in total. The first-order chi connectivity index (χ1) is 9.86. The number of nitrogens with zero attached hydrogens (tertiary/aromatic N) is 3. The van der Waals surface area contributed by atoms with Gasteiger partial charge < -0.3 is 14.8 Å². The third-order valence-electron chi connectivity index (χ3n) is 2.88. The molecule has 0 saturated carbocycles. The van der Waals surface area contributed by atoms with Crippen LogP contribution >= 0.6 is 0 Å². The summed E-state index contributed by atoms with van der Waals surface area (Å²) in [5, 5.41) is 11.4. The SMILES string of the molecule is N#CCCNc1ncc(-c2ccc3c(c2)OCO3)cn1. The van der Waals surface area contributed by atoms with Gasteiger partial charge >= 0.3 is 0 Å². The van der Waals surface area contributed by atoms with Gasteiger partial charge in [-0.3, -0.25) is 0 Å². The minimum Gasteiger partial charge on any atom is -0.454 e. The van der Waals surface area contributed by atoms with Crippen molar-refractivity contribution in [2.45, 2.75) is 6.42 Å². The summed E-state index contributed by atoms with van der Waals surface area (Å²) in [6, 6.07) is 7.77. The molecule has 1 aliphatic heterocycles. The Kier molecular flexibility index (Phi) is 3.33. The number of nitriles is 1. The fourth-order valence-electron chi connectivity index (χ4n) is 1.87. The summed E-state index contributed by atoms with van der Waals surface area (Å²) >= 11 is 0. The molecule has 0 radical (unpaired) electrons. The minimum atomic E-state index is 0.261. The van der Waals surface area contributed by atoms with E-state index in [4.69, 9.17) is 14.7 Å². The summed E-state index contributed by atoms with van der Waals surface area (Å²) in [5.74, 6) is 2.01. The lowest BCUT2D eigenvalue weighted by molar-refractivity contribution is 0.174. The van der Waals surface area contributed by atoms with E-state index in [0.29, 0.717) is 18.9 Å². The van der Waals surface area contributed by atoms with E-state index < -0.39 is 0 Å². The summed E-state index contributed by atoms with van der Waals surface area (Å²) in [6.07, 6.45) is 3.89. The molecule has 0 unspecified atom stereocenters. The Labute approximate surface area is 116 Å². The van der Waals surface area contributed by atoms with Crippen LogP contribution in [-0.2, 0) is 0 Å². The number of anilines is 1. The lowest BCUT2D eigenvalue weighted by Gasteiger charge is -2.05. The monoisotopic (exact) mass is 268 g/mol. The molecule has 0 aliphatic carbocycles. The van der Waals surface area contributed by atoms with Crippen LogP contribution in [0, 0.1) is 11.3 Å². The quantitative estimate of drug-likeness (QED) is 0.856. The Morgan fingerprint density at radius 1 is 1.15 bits per heavy atom. The normalized spacial score (nSPS) is 11.9. The lowest BCUT2D eigenvalue weighted by atomic mass is 10.1. The van der Waals surface area contributed by atoms with Crippen LogP contribution in [0.25, 0.3) is 11.1 Å². The van der Waals surface area contributed by atoms with Crippen LogP contribution in [0.2, 0.25) is 0 Å². The van der Waals surface area contributed by atoms with E-state index in [2.05, 4.69) is 21.4 Å². The number of aromatic nitrogens is 2. The van der Waals surface area contributed by atoms with Crippen LogP contribution in [0.3, 0.4) is 0 Å². The Hall–Kier alpha value is -2.81. The van der Waals surface area contributed by atoms with Crippen LogP contribution in [0.15, 0.2) is 30.6 Å². The Morgan fingerprint density at radius 2 is 1.95 bits per heavy atom. The summed E-state index contributed by atoms with van der Waals surface area (Å²) in [7, 11) is 0. The fourth-order valence-corrected chi connectivity index (χ4v) is 1.87. The van der Waals surface area contributed by atoms with Crippen molar-refractivity contribution in [3.05, 3.63) is 30.6 Å². The number of ether oxygens (including phenoxy) is 2. The van der Waals surface area contributed by atoms with Gasteiger partial charge in [0.25, 0.3) is 0 Å². The summed E-state index contributed by atoms with van der Waals surface area (Å²) in [6.45, 7) is 0.802. The van der Waals surface area contributed by atoms with Crippen molar-refractivity contribution in [2.75, 3.05) is 18.7 Å². The Balaban J connectivity index is 1.76. The Morgan fingerprint density at radius 3 is 2.75 bits per heavy atom. The molecule has 1 aromatic carbocycles. The van der Waals surface area contributed by atoms with Gasteiger partial charge in [-0.05, 0) is 17.7 Å². The van der Waals surface area contributed by atoms with Crippen LogP contribution < -0.4 is 14.8 Å². The highest BCUT2D eigenvalue weighted by Gasteiger charge is 2.14. The predicted molar refractivity (Wildman–Crippen MR) is 72.3 cm³/mol. The molecule has 0 spiro atoms. The van der Waals surface area contributed by atoms with Crippen LogP contribution in [0.5, 0.6) is 11.5 Å². The van der Waals surface area contributed by atoms with Crippen LogP contribution in [0.1, 0.15) is 6.42 Å². The first kappa shape index (κ1) is 12.2. The van der Waals surface area contributed by atoms with Gasteiger partial charge in [-0.25, -0.2) is 9.97 Å². The number of hydrogen-bond donors (Lipinski definition) is 1. The summed E-state index contributed by atoms with van der Waals surface area (Å²) < 4.78 is 10.6. The molecule has 1 aliphatic rings. The van der Waals surface area contributed by atoms with E-state index >= 15 is 0 Å². The topological polar surface area (TPSA) is 80.1 Å². The van der Waals surface area contributed by atoms with Crippen molar-refractivity contribution < 1.29 is 9.47 Å². The predicted octanol–water partition coefficient (Wildman–Crippen LogP) is 2.20. The zero-order chi connectivity index (χ0) is 13.8. The minimum absolute atomic E-state index is 0.261. The standard InChI is InChI=1S/C14H12N4O2/c15-4-1-5-16-14-17-7-11(8-18-14)10-2-3-12-13(6-10)20-9-19-12/h2-3,6-8H,1,5,9H2,(H,16,17,18). The van der Waals surface area contributed by atoms with Crippen molar-refractivity contribution in [2.24, 2.45) is 0 Å². The number of fused-ring (bicyclic) bond motifs is 1. The third-order valence-corrected chi connectivity index (χ3v) is 2.88. The number of rotatable bonds is 4. The molecule has 6 heteroatoms. The molecule has 0 fully saturated rings. The number of benzene rings is 1. The second-order valence-corrected chi connectivity index (χ2v) is 4.20. The third kappa shape index (κ3) is 2.47. The molecule has 0 bridgehead atoms. The molecule has 2 heterocycles. The van der Waals surface area contributed by atoms with Gasteiger partial charge in [-0.2, -0.15) is 5.26 Å². The fraction of sp³-hybridized carbons (Fsp3) is 0.214. The largest absolute Gasteiger partial charge is 0.454 e. The summed E-state index contributed by atoms with van der Waals surface area (Å²) in [5.41, 5.74) is 1.87. The van der Waals surface area contributed by atoms with E-state index in [9.17, 15) is 0 Å². The van der Waals surface area contributed by atoms with Gasteiger partial charge in [-0.15, -0.1) is 0 Å². The molecule has 2 aromatic rings. The maximum atomic E-state index is 8.46. The number of nitrogens with one attached hydrogen (secondary N) is 1. The first-order valence-corrected chi connectivity index (χ1v) is 6.20. The van der Waals surface area contributed by atoms with Crippen molar-refractivity contribution in [1.82, 2.24) is 9.97 Å². The smallest absolute Gasteiger partial charge is 0.231 e. The molecule has 0 atom stereocenters. The van der Waals surface area contributed by atoms with Crippen LogP contribution in [-0.4, -0.2) is 23.3 Å². The molecule has 100 valence electrons. The van der Waals surface area contributed by atoms with Gasteiger partial charge in [0.1, 0.15) is 0 Å². The average molecular weight is 268 g/mol. The molecule has 0 amide bonds. The molecular weight excluding hydrogens is 256 g/mol. The zero-order valence-corrected chi connectivity index (χ0v) is 10.7. The maximum Gasteiger partial charge on any atom is 0.231 e. The summed E-state index contributed by atoms with van der Waals surface area (Å²) in [4.78, 5) is 8.43. The van der Waals surface area contributed by atoms with E-state index in [1.165, 1.54) is 0 Å². The molecule has 1 aromatic heterocycles. The van der Waals surface area contributed by atoms with E-state index in [1.807, 2.05) is 18.2 Å². The van der Waals surface area contributed by atoms with Crippen molar-refractivity contribution in [3.63, 3.8) is 0 Å². The van der Waals surface area contributed by atoms with Crippen LogP contribution in [0.4, 0.5) is 5.95 Å². The second kappa shape index (κ2) is 5.45. The first-order valence-electron chi connectivity index (χ1n) is 6.20. The zero-order valence-electron chi connectivity index (χ0n) is 10.7. The van der Waals surface area contributed by atoms with Gasteiger partial charge in [0.15, 0.2) is 11.5 Å². The molecular formula is C14H12N4O2. The van der Waals surface area contributed by atoms with E-state index in [1.54, 1.807) is 12.4 Å². The molecule has 0 saturated heterocycles. The van der Waals surface area contributed by atoms with E-state index in [-0.39, 0.29) is 6.79 Å². The van der Waals surface area contributed by atoms with Gasteiger partial charge in [-0.1, -0.05) is 6.07 Å².